The molecule has 0 radical (unpaired) electrons. The predicted molar refractivity (Wildman–Crippen MR) is 96.7 cm³/mol. The summed E-state index contributed by atoms with van der Waals surface area (Å²) in [6, 6.07) is 12.6. The van der Waals surface area contributed by atoms with Gasteiger partial charge in [0.1, 0.15) is 11.5 Å². The molecule has 0 heterocycles. The number of rotatable bonds is 8. The first-order valence-electron chi connectivity index (χ1n) is 8.13. The normalized spacial score (nSPS) is 10.2. The van der Waals surface area contributed by atoms with Crippen LogP contribution in [-0.2, 0) is 4.74 Å². The topological polar surface area (TPSA) is 73.6 Å². The van der Waals surface area contributed by atoms with Crippen LogP contribution in [-0.4, -0.2) is 19.6 Å². The quantitative estimate of drug-likeness (QED) is 0.425. The van der Waals surface area contributed by atoms with Crippen molar-refractivity contribution in [3.63, 3.8) is 0 Å². The molecule has 24 heavy (non-hydrogen) atoms. The lowest BCUT2D eigenvalue weighted by Crippen LogP contribution is -2.05. The van der Waals surface area contributed by atoms with Gasteiger partial charge in [-0.1, -0.05) is 19.8 Å². The van der Waals surface area contributed by atoms with E-state index < -0.39 is 5.97 Å². The second-order valence-electron chi connectivity index (χ2n) is 5.50. The monoisotopic (exact) mass is 328 g/mol. The summed E-state index contributed by atoms with van der Waals surface area (Å²) in [6.45, 7) is 3.16. The number of unbranched alkanes of at least 4 members (excludes halogenated alkanes) is 2. The van der Waals surface area contributed by atoms with Crippen LogP contribution < -0.4 is 15.8 Å². The first kappa shape index (κ1) is 17.7. The molecule has 0 aliphatic rings. The Morgan fingerprint density at radius 1 is 1.08 bits per heavy atom. The van der Waals surface area contributed by atoms with Crippen LogP contribution in [0.3, 0.4) is 0 Å². The Hall–Kier alpha value is -2.69. The minimum atomic E-state index is -0.482. The predicted octanol–water partition coefficient (Wildman–Crippen LogP) is 4.45. The van der Waals surface area contributed by atoms with Crippen LogP contribution in [0.15, 0.2) is 42.5 Å². The summed E-state index contributed by atoms with van der Waals surface area (Å²) in [4.78, 5) is 11.7. The maximum atomic E-state index is 11.7. The molecule has 2 aromatic rings. The number of carbonyl (C=O) groups excluding carboxylic acids is 1. The van der Waals surface area contributed by atoms with Crippen molar-refractivity contribution in [3.05, 3.63) is 48.0 Å². The van der Waals surface area contributed by atoms with E-state index >= 15 is 0 Å². The Morgan fingerprint density at radius 2 is 1.79 bits per heavy atom. The summed E-state index contributed by atoms with van der Waals surface area (Å²) in [6.07, 6.45) is 3.61. The molecule has 0 bridgehead atoms. The van der Waals surface area contributed by atoms with E-state index in [0.29, 0.717) is 22.7 Å². The third kappa shape index (κ3) is 4.91. The molecule has 0 aromatic heterocycles. The average molecular weight is 328 g/mol. The van der Waals surface area contributed by atoms with Crippen molar-refractivity contribution in [2.24, 2.45) is 0 Å². The molecular formula is C19H24N2O3. The van der Waals surface area contributed by atoms with Gasteiger partial charge < -0.3 is 20.5 Å². The largest absolute Gasteiger partial charge is 0.465 e. The zero-order valence-corrected chi connectivity index (χ0v) is 14.2. The summed E-state index contributed by atoms with van der Waals surface area (Å²) < 4.78 is 10.5. The van der Waals surface area contributed by atoms with Gasteiger partial charge in [-0.15, -0.1) is 0 Å². The number of nitrogens with two attached hydrogens (primary N) is 1. The Bertz CT molecular complexity index is 669. The molecule has 0 unspecified atom stereocenters. The van der Waals surface area contributed by atoms with Crippen molar-refractivity contribution in [2.45, 2.75) is 26.2 Å². The number of nitrogen functional groups attached to an aromatic ring is 1. The molecule has 0 aliphatic heterocycles. The fraction of sp³-hybridized carbons (Fsp3) is 0.316. The smallest absolute Gasteiger partial charge is 0.340 e. The third-order valence-electron chi connectivity index (χ3n) is 3.63. The van der Waals surface area contributed by atoms with E-state index in [4.69, 9.17) is 15.2 Å². The molecule has 0 spiro atoms. The molecule has 5 heteroatoms. The molecule has 2 rings (SSSR count). The lowest BCUT2D eigenvalue weighted by Gasteiger charge is -2.10. The Morgan fingerprint density at radius 3 is 2.46 bits per heavy atom. The van der Waals surface area contributed by atoms with Gasteiger partial charge in [-0.3, -0.25) is 0 Å². The van der Waals surface area contributed by atoms with Crippen LogP contribution >= 0.6 is 0 Å². The van der Waals surface area contributed by atoms with E-state index in [1.54, 1.807) is 18.2 Å². The van der Waals surface area contributed by atoms with Crippen LogP contribution in [0.2, 0.25) is 0 Å². The molecule has 2 aromatic carbocycles. The molecule has 0 amide bonds. The van der Waals surface area contributed by atoms with Gasteiger partial charge in [0.2, 0.25) is 0 Å². The van der Waals surface area contributed by atoms with Crippen molar-refractivity contribution < 1.29 is 14.3 Å². The van der Waals surface area contributed by atoms with E-state index in [2.05, 4.69) is 12.2 Å². The summed E-state index contributed by atoms with van der Waals surface area (Å²) in [7, 11) is 1.32. The van der Waals surface area contributed by atoms with E-state index in [1.165, 1.54) is 20.0 Å². The van der Waals surface area contributed by atoms with E-state index in [1.807, 2.05) is 24.3 Å². The highest BCUT2D eigenvalue weighted by atomic mass is 16.5. The van der Waals surface area contributed by atoms with Gasteiger partial charge in [0, 0.05) is 17.9 Å². The van der Waals surface area contributed by atoms with Gasteiger partial charge in [-0.05, 0) is 48.9 Å². The average Bonchev–Trinajstić information content (AvgIpc) is 2.61. The van der Waals surface area contributed by atoms with Crippen LogP contribution in [0, 0.1) is 0 Å². The lowest BCUT2D eigenvalue weighted by atomic mass is 10.1. The van der Waals surface area contributed by atoms with Crippen LogP contribution in [0.25, 0.3) is 0 Å². The van der Waals surface area contributed by atoms with Gasteiger partial charge in [0.05, 0.1) is 12.7 Å². The number of nitrogens with one attached hydrogen (secondary N) is 1. The van der Waals surface area contributed by atoms with Crippen molar-refractivity contribution in [1.82, 2.24) is 0 Å². The zero-order valence-electron chi connectivity index (χ0n) is 14.2. The molecule has 5 nitrogen and oxygen atoms in total. The number of hydrogen-bond donors (Lipinski definition) is 2. The number of benzene rings is 2. The van der Waals surface area contributed by atoms with Gasteiger partial charge in [-0.25, -0.2) is 4.79 Å². The number of ether oxygens (including phenoxy) is 2. The minimum Gasteiger partial charge on any atom is -0.465 e. The minimum absolute atomic E-state index is 0.296. The lowest BCUT2D eigenvalue weighted by molar-refractivity contribution is 0.0601. The Kier molecular flexibility index (Phi) is 6.49. The summed E-state index contributed by atoms with van der Waals surface area (Å²) >= 11 is 0. The van der Waals surface area contributed by atoms with Crippen LogP contribution in [0.5, 0.6) is 11.5 Å². The van der Waals surface area contributed by atoms with Gasteiger partial charge in [-0.2, -0.15) is 0 Å². The van der Waals surface area contributed by atoms with E-state index in [0.717, 1.165) is 18.7 Å². The van der Waals surface area contributed by atoms with Gasteiger partial charge >= 0.3 is 5.97 Å². The number of anilines is 2. The van der Waals surface area contributed by atoms with E-state index in [9.17, 15) is 4.79 Å². The summed E-state index contributed by atoms with van der Waals surface area (Å²) in [5, 5.41) is 3.38. The molecule has 0 saturated heterocycles. The van der Waals surface area contributed by atoms with Gasteiger partial charge in [0.15, 0.2) is 0 Å². The van der Waals surface area contributed by atoms with Crippen molar-refractivity contribution in [1.29, 1.82) is 0 Å². The first-order chi connectivity index (χ1) is 11.6. The highest BCUT2D eigenvalue weighted by molar-refractivity contribution is 5.95. The second kappa shape index (κ2) is 8.82. The first-order valence-corrected chi connectivity index (χ1v) is 8.13. The molecule has 128 valence electrons. The van der Waals surface area contributed by atoms with Crippen molar-refractivity contribution in [3.8, 4) is 11.5 Å². The molecule has 0 fully saturated rings. The summed E-state index contributed by atoms with van der Waals surface area (Å²) in [5.74, 6) is 0.743. The third-order valence-corrected chi connectivity index (χ3v) is 3.63. The van der Waals surface area contributed by atoms with Crippen molar-refractivity contribution >= 4 is 17.3 Å². The summed E-state index contributed by atoms with van der Waals surface area (Å²) in [5.41, 5.74) is 7.50. The molecule has 0 atom stereocenters. The number of methoxy groups -OCH3 is 1. The molecule has 0 saturated carbocycles. The van der Waals surface area contributed by atoms with Crippen LogP contribution in [0.4, 0.5) is 11.4 Å². The Labute approximate surface area is 142 Å². The highest BCUT2D eigenvalue weighted by Gasteiger charge is 2.11. The Balaban J connectivity index is 1.99. The number of carbonyl (C=O) groups is 1. The maximum absolute atomic E-state index is 11.7. The zero-order chi connectivity index (χ0) is 17.4. The fourth-order valence-corrected chi connectivity index (χ4v) is 2.27. The molecule has 3 N–H and O–H groups in total. The highest BCUT2D eigenvalue weighted by Crippen LogP contribution is 2.26. The molecular weight excluding hydrogens is 304 g/mol. The number of hydrogen-bond acceptors (Lipinski definition) is 5. The van der Waals surface area contributed by atoms with Crippen LogP contribution in [0.1, 0.15) is 36.5 Å². The van der Waals surface area contributed by atoms with E-state index in [-0.39, 0.29) is 0 Å². The van der Waals surface area contributed by atoms with Gasteiger partial charge in [0.25, 0.3) is 0 Å². The fourth-order valence-electron chi connectivity index (χ4n) is 2.27. The van der Waals surface area contributed by atoms with Crippen molar-refractivity contribution in [2.75, 3.05) is 24.7 Å². The standard InChI is InChI=1S/C19H24N2O3/c1-3-4-5-12-21-14-6-8-15(9-7-14)24-16-10-11-18(20)17(13-16)19(22)23-2/h6-11,13,21H,3-5,12,20H2,1-2H3. The SMILES string of the molecule is CCCCCNc1ccc(Oc2ccc(N)c(C(=O)OC)c2)cc1. The molecule has 0 aliphatic carbocycles. The number of esters is 1. The maximum Gasteiger partial charge on any atom is 0.340 e. The second-order valence-corrected chi connectivity index (χ2v) is 5.50.